The van der Waals surface area contributed by atoms with E-state index in [1.165, 1.54) is 0 Å². The molecule has 0 atom stereocenters. The summed E-state index contributed by atoms with van der Waals surface area (Å²) in [5, 5.41) is 10.3. The summed E-state index contributed by atoms with van der Waals surface area (Å²) in [5.74, 6) is -5.45. The highest BCUT2D eigenvalue weighted by molar-refractivity contribution is 5.34. The number of benzene rings is 1. The summed E-state index contributed by atoms with van der Waals surface area (Å²) in [6, 6.07) is 2.64. The minimum Gasteiger partial charge on any atom is -0.370 e. The summed E-state index contributed by atoms with van der Waals surface area (Å²) in [7, 11) is 0. The first-order chi connectivity index (χ1) is 8.74. The van der Waals surface area contributed by atoms with E-state index in [0.29, 0.717) is 0 Å². The van der Waals surface area contributed by atoms with Crippen LogP contribution >= 0.6 is 0 Å². The van der Waals surface area contributed by atoms with Crippen LogP contribution in [0, 0.1) is 15.9 Å². The molecule has 0 saturated heterocycles. The number of nitrogens with zero attached hydrogens (tertiary/aromatic N) is 1. The fraction of sp³-hybridized carbons (Fsp3) is 0.400. The Kier molecular flexibility index (Phi) is 4.76. The van der Waals surface area contributed by atoms with Gasteiger partial charge in [0.25, 0.3) is 0 Å². The van der Waals surface area contributed by atoms with Crippen LogP contribution in [-0.4, -0.2) is 23.9 Å². The third kappa shape index (κ3) is 4.12. The lowest BCUT2D eigenvalue weighted by atomic mass is 10.2. The maximum atomic E-state index is 13.1. The van der Waals surface area contributed by atoms with Crippen molar-refractivity contribution in [1.82, 2.24) is 0 Å². The third-order valence-corrected chi connectivity index (χ3v) is 2.09. The van der Waals surface area contributed by atoms with Crippen molar-refractivity contribution in [3.63, 3.8) is 0 Å². The van der Waals surface area contributed by atoms with Gasteiger partial charge in [-0.1, -0.05) is 0 Å². The summed E-state index contributed by atoms with van der Waals surface area (Å²) < 4.78 is 65.9. The summed E-state index contributed by atoms with van der Waals surface area (Å²) in [5.41, 5.74) is -0.755. The molecule has 19 heavy (non-hydrogen) atoms. The maximum absolute atomic E-state index is 13.1. The number of hydrogen-bond donors (Lipinski definition) is 0. The van der Waals surface area contributed by atoms with Crippen LogP contribution in [-0.2, 0) is 11.3 Å². The monoisotopic (exact) mass is 285 g/mol. The first-order valence-corrected chi connectivity index (χ1v) is 4.90. The van der Waals surface area contributed by atoms with Gasteiger partial charge in [-0.05, 0) is 17.7 Å². The Balaban J connectivity index is 2.60. The third-order valence-electron chi connectivity index (χ3n) is 2.09. The van der Waals surface area contributed by atoms with E-state index >= 15 is 0 Å². The molecule has 0 fully saturated rings. The van der Waals surface area contributed by atoms with Crippen molar-refractivity contribution in [1.29, 1.82) is 0 Å². The minimum atomic E-state index is -4.29. The van der Waals surface area contributed by atoms with E-state index < -0.39 is 42.0 Å². The molecule has 0 aliphatic carbocycles. The van der Waals surface area contributed by atoms with Gasteiger partial charge in [-0.3, -0.25) is 10.1 Å². The van der Waals surface area contributed by atoms with Gasteiger partial charge < -0.3 is 4.74 Å². The lowest BCUT2D eigenvalue weighted by Gasteiger charge is -2.15. The molecule has 0 N–H and O–H groups in total. The molecule has 0 unspecified atom stereocenters. The van der Waals surface area contributed by atoms with Crippen LogP contribution in [0.5, 0.6) is 0 Å². The second-order valence-electron chi connectivity index (χ2n) is 3.60. The smallest absolute Gasteiger partial charge is 0.330 e. The van der Waals surface area contributed by atoms with E-state index in [1.54, 1.807) is 0 Å². The van der Waals surface area contributed by atoms with Gasteiger partial charge in [-0.25, -0.2) is 8.78 Å². The molecule has 0 spiro atoms. The largest absolute Gasteiger partial charge is 0.370 e. The van der Waals surface area contributed by atoms with Crippen LogP contribution in [0.2, 0.25) is 0 Å². The van der Waals surface area contributed by atoms with E-state index in [4.69, 9.17) is 0 Å². The van der Waals surface area contributed by atoms with Crippen molar-refractivity contribution in [3.8, 4) is 0 Å². The molecular weight excluding hydrogens is 277 g/mol. The Morgan fingerprint density at radius 3 is 2.47 bits per heavy atom. The van der Waals surface area contributed by atoms with Crippen molar-refractivity contribution in [2.24, 2.45) is 0 Å². The highest BCUT2D eigenvalue weighted by atomic mass is 19.3. The van der Waals surface area contributed by atoms with Crippen molar-refractivity contribution < 1.29 is 31.6 Å². The van der Waals surface area contributed by atoms with Gasteiger partial charge in [0.15, 0.2) is 0 Å². The number of ether oxygens (including phenoxy) is 1. The van der Waals surface area contributed by atoms with Crippen molar-refractivity contribution in [2.75, 3.05) is 6.61 Å². The summed E-state index contributed by atoms with van der Waals surface area (Å²) in [6.45, 7) is -2.08. The van der Waals surface area contributed by atoms with Crippen LogP contribution in [0.25, 0.3) is 0 Å². The predicted octanol–water partition coefficient (Wildman–Crippen LogP) is 3.15. The molecule has 1 aromatic carbocycles. The first kappa shape index (κ1) is 15.3. The molecule has 0 aliphatic rings. The predicted molar refractivity (Wildman–Crippen MR) is 53.7 cm³/mol. The molecule has 0 bridgehead atoms. The summed E-state index contributed by atoms with van der Waals surface area (Å²) >= 11 is 0. The van der Waals surface area contributed by atoms with Gasteiger partial charge in [0, 0.05) is 6.07 Å². The van der Waals surface area contributed by atoms with E-state index in [9.17, 15) is 32.1 Å². The zero-order chi connectivity index (χ0) is 14.6. The van der Waals surface area contributed by atoms with Crippen LogP contribution in [0.15, 0.2) is 18.2 Å². The zero-order valence-electron chi connectivity index (χ0n) is 9.29. The van der Waals surface area contributed by atoms with Gasteiger partial charge in [0.2, 0.25) is 5.82 Å². The molecule has 0 amide bonds. The van der Waals surface area contributed by atoms with E-state index in [-0.39, 0.29) is 5.56 Å². The molecule has 9 heteroatoms. The highest BCUT2D eigenvalue weighted by Crippen LogP contribution is 2.24. The van der Waals surface area contributed by atoms with E-state index in [1.807, 2.05) is 0 Å². The van der Waals surface area contributed by atoms with E-state index in [0.717, 1.165) is 18.2 Å². The Morgan fingerprint density at radius 2 is 2.00 bits per heavy atom. The topological polar surface area (TPSA) is 52.4 Å². The number of rotatable bonds is 6. The molecule has 4 nitrogen and oxygen atoms in total. The molecular formula is C10H8F5NO3. The lowest BCUT2D eigenvalue weighted by Crippen LogP contribution is -2.32. The Labute approximate surface area is 103 Å². The average molecular weight is 285 g/mol. The number of nitro groups is 1. The van der Waals surface area contributed by atoms with Crippen molar-refractivity contribution >= 4 is 5.69 Å². The van der Waals surface area contributed by atoms with Crippen LogP contribution in [0.4, 0.5) is 27.6 Å². The Bertz CT molecular complexity index is 466. The van der Waals surface area contributed by atoms with Crippen LogP contribution < -0.4 is 0 Å². The molecule has 0 radical (unpaired) electrons. The number of nitro benzene ring substituents is 1. The molecule has 0 saturated carbocycles. The van der Waals surface area contributed by atoms with Crippen molar-refractivity contribution in [3.05, 3.63) is 39.7 Å². The zero-order valence-corrected chi connectivity index (χ0v) is 9.29. The summed E-state index contributed by atoms with van der Waals surface area (Å²) in [4.78, 5) is 9.35. The number of hydrogen-bond acceptors (Lipinski definition) is 3. The van der Waals surface area contributed by atoms with Gasteiger partial charge in [0.05, 0.1) is 11.5 Å². The second kappa shape index (κ2) is 5.91. The van der Waals surface area contributed by atoms with Gasteiger partial charge in [-0.15, -0.1) is 0 Å². The molecule has 1 rings (SSSR count). The lowest BCUT2D eigenvalue weighted by molar-refractivity contribution is -0.387. The van der Waals surface area contributed by atoms with Crippen molar-refractivity contribution in [2.45, 2.75) is 19.0 Å². The fourth-order valence-electron chi connectivity index (χ4n) is 1.16. The summed E-state index contributed by atoms with van der Waals surface area (Å²) in [6.07, 6.45) is -3.86. The van der Waals surface area contributed by atoms with Crippen LogP contribution in [0.3, 0.4) is 0 Å². The standard InChI is InChI=1S/C10H8F5NO3/c11-7-3-6(1-2-8(7)16(17)18)4-19-5-10(14,15)9(12)13/h1-3,9H,4-5H2. The number of halogens is 5. The normalized spacial score (nSPS) is 11.9. The molecule has 1 aromatic rings. The fourth-order valence-corrected chi connectivity index (χ4v) is 1.16. The Morgan fingerprint density at radius 1 is 1.37 bits per heavy atom. The van der Waals surface area contributed by atoms with Crippen LogP contribution in [0.1, 0.15) is 5.56 Å². The van der Waals surface area contributed by atoms with Gasteiger partial charge >= 0.3 is 18.0 Å². The van der Waals surface area contributed by atoms with Gasteiger partial charge in [-0.2, -0.15) is 13.2 Å². The minimum absolute atomic E-state index is 0.0215. The van der Waals surface area contributed by atoms with Gasteiger partial charge in [0.1, 0.15) is 6.61 Å². The second-order valence-corrected chi connectivity index (χ2v) is 3.60. The average Bonchev–Trinajstić information content (AvgIpc) is 2.28. The Hall–Kier alpha value is -1.77. The molecule has 0 aliphatic heterocycles. The SMILES string of the molecule is O=[N+]([O-])c1ccc(COCC(F)(F)C(F)F)cc1F. The highest BCUT2D eigenvalue weighted by Gasteiger charge is 2.40. The first-order valence-electron chi connectivity index (χ1n) is 4.90. The van der Waals surface area contributed by atoms with E-state index in [2.05, 4.69) is 4.74 Å². The molecule has 0 heterocycles. The number of alkyl halides is 4. The quantitative estimate of drug-likeness (QED) is 0.458. The maximum Gasteiger partial charge on any atom is 0.330 e. The molecule has 106 valence electrons. The molecule has 0 aromatic heterocycles.